The number of H-pyrrole nitrogens is 1. The molecule has 8 heteroatoms. The number of carbonyl (C=O) groups is 1. The largest absolute Gasteiger partial charge is 0.383 e. The predicted octanol–water partition coefficient (Wildman–Crippen LogP) is 6.18. The minimum absolute atomic E-state index is 0.0215. The Labute approximate surface area is 222 Å². The van der Waals surface area contributed by atoms with E-state index >= 15 is 0 Å². The van der Waals surface area contributed by atoms with Crippen LogP contribution >= 0.6 is 23.1 Å². The van der Waals surface area contributed by atoms with E-state index in [0.717, 1.165) is 52.4 Å². The van der Waals surface area contributed by atoms with E-state index in [1.54, 1.807) is 29.2 Å². The summed E-state index contributed by atoms with van der Waals surface area (Å²) in [6.45, 7) is 0.771. The Bertz CT molecular complexity index is 1650. The zero-order valence-electron chi connectivity index (χ0n) is 20.5. The summed E-state index contributed by atoms with van der Waals surface area (Å²) in [4.78, 5) is 38.2. The number of para-hydroxylation sites is 1. The number of thiophene rings is 1. The topological polar surface area (TPSA) is 77.0 Å². The molecular formula is C29H27N3O3S2. The van der Waals surface area contributed by atoms with Crippen molar-refractivity contribution in [1.29, 1.82) is 0 Å². The van der Waals surface area contributed by atoms with E-state index in [9.17, 15) is 9.59 Å². The van der Waals surface area contributed by atoms with E-state index < -0.39 is 5.25 Å². The molecule has 5 aromatic rings. The first-order valence-corrected chi connectivity index (χ1v) is 14.2. The minimum atomic E-state index is -0.562. The maximum absolute atomic E-state index is 14.1. The molecule has 0 radical (unpaired) electrons. The highest BCUT2D eigenvalue weighted by atomic mass is 32.2. The number of fused-ring (bicyclic) bond motifs is 4. The second kappa shape index (κ2) is 10.3. The summed E-state index contributed by atoms with van der Waals surface area (Å²) < 4.78 is 7.05. The van der Waals surface area contributed by atoms with Crippen LogP contribution in [0.25, 0.3) is 21.1 Å². The van der Waals surface area contributed by atoms with E-state index in [1.165, 1.54) is 22.2 Å². The second-order valence-corrected chi connectivity index (χ2v) is 11.4. The Balaban J connectivity index is 1.49. The normalized spacial score (nSPS) is 14.2. The van der Waals surface area contributed by atoms with Gasteiger partial charge in [0.1, 0.15) is 10.1 Å². The van der Waals surface area contributed by atoms with Crippen LogP contribution in [-0.2, 0) is 24.1 Å². The zero-order valence-corrected chi connectivity index (χ0v) is 22.2. The molecule has 1 atom stereocenters. The molecule has 188 valence electrons. The average molecular weight is 530 g/mol. The van der Waals surface area contributed by atoms with Crippen LogP contribution in [0.4, 0.5) is 0 Å². The monoisotopic (exact) mass is 529 g/mol. The second-order valence-electron chi connectivity index (χ2n) is 9.26. The van der Waals surface area contributed by atoms with Crippen molar-refractivity contribution in [2.45, 2.75) is 42.6 Å². The summed E-state index contributed by atoms with van der Waals surface area (Å²) in [6, 6.07) is 17.6. The highest BCUT2D eigenvalue weighted by Gasteiger charge is 2.29. The molecular weight excluding hydrogens is 502 g/mol. The van der Waals surface area contributed by atoms with Gasteiger partial charge in [-0.15, -0.1) is 11.3 Å². The fourth-order valence-electron chi connectivity index (χ4n) is 5.11. The van der Waals surface area contributed by atoms with Crippen molar-refractivity contribution in [3.05, 3.63) is 92.7 Å². The lowest BCUT2D eigenvalue weighted by atomic mass is 9.97. The lowest BCUT2D eigenvalue weighted by molar-refractivity contribution is 0.0991. The number of hydrogen-bond donors (Lipinski definition) is 1. The quantitative estimate of drug-likeness (QED) is 0.148. The Morgan fingerprint density at radius 2 is 1.92 bits per heavy atom. The van der Waals surface area contributed by atoms with Gasteiger partial charge in [-0.2, -0.15) is 0 Å². The number of ketones is 1. The minimum Gasteiger partial charge on any atom is -0.383 e. The number of carbonyl (C=O) groups excluding carboxylic acids is 1. The molecule has 0 unspecified atom stereocenters. The fourth-order valence-corrected chi connectivity index (χ4v) is 7.61. The van der Waals surface area contributed by atoms with E-state index in [1.807, 2.05) is 54.6 Å². The standard InChI is InChI=1S/C29H27N3O3S2/c1-35-16-15-32-28(34)24-20-12-6-8-14-23(20)36-27(24)31-29(32)37-26(18-9-3-2-4-10-18)25(33)21-17-30-22-13-7-5-11-19(21)22/h2-5,7,9-11,13,17,26,30H,6,8,12,14-16H2,1H3/t26-/m0/s1. The number of methoxy groups -OCH3 is 1. The van der Waals surface area contributed by atoms with Crippen molar-refractivity contribution in [1.82, 2.24) is 14.5 Å². The number of aryl methyl sites for hydroxylation is 2. The van der Waals surface area contributed by atoms with Gasteiger partial charge in [0, 0.05) is 34.7 Å². The van der Waals surface area contributed by atoms with Gasteiger partial charge in [-0.25, -0.2) is 4.98 Å². The number of hydrogen-bond acceptors (Lipinski definition) is 6. The number of benzene rings is 2. The van der Waals surface area contributed by atoms with Gasteiger partial charge in [-0.3, -0.25) is 14.2 Å². The number of aromatic nitrogens is 3. The molecule has 1 aliphatic carbocycles. The van der Waals surface area contributed by atoms with Crippen LogP contribution < -0.4 is 5.56 Å². The van der Waals surface area contributed by atoms with Crippen molar-refractivity contribution < 1.29 is 9.53 Å². The Kier molecular flexibility index (Phi) is 6.71. The van der Waals surface area contributed by atoms with Gasteiger partial charge in [-0.05, 0) is 42.9 Å². The van der Waals surface area contributed by atoms with Crippen molar-refractivity contribution in [2.24, 2.45) is 0 Å². The van der Waals surface area contributed by atoms with Crippen LogP contribution in [0, 0.1) is 0 Å². The van der Waals surface area contributed by atoms with Gasteiger partial charge in [0.15, 0.2) is 10.9 Å². The fraction of sp³-hybridized carbons (Fsp3) is 0.276. The van der Waals surface area contributed by atoms with E-state index in [0.29, 0.717) is 23.9 Å². The van der Waals surface area contributed by atoms with E-state index in [2.05, 4.69) is 4.98 Å². The molecule has 0 aliphatic heterocycles. The van der Waals surface area contributed by atoms with Gasteiger partial charge < -0.3 is 9.72 Å². The van der Waals surface area contributed by atoms with Crippen molar-refractivity contribution in [3.63, 3.8) is 0 Å². The number of Topliss-reactive ketones (excluding diaryl/α,β-unsaturated/α-hetero) is 1. The number of thioether (sulfide) groups is 1. The molecule has 1 aliphatic rings. The summed E-state index contributed by atoms with van der Waals surface area (Å²) in [7, 11) is 1.63. The average Bonchev–Trinajstić information content (AvgIpc) is 3.53. The molecule has 2 aromatic carbocycles. The molecule has 37 heavy (non-hydrogen) atoms. The molecule has 6 rings (SSSR count). The molecule has 6 nitrogen and oxygen atoms in total. The number of rotatable bonds is 8. The Hall–Kier alpha value is -3.20. The van der Waals surface area contributed by atoms with E-state index in [-0.39, 0.29) is 11.3 Å². The van der Waals surface area contributed by atoms with Crippen molar-refractivity contribution >= 4 is 50.0 Å². The molecule has 1 N–H and O–H groups in total. The third-order valence-electron chi connectivity index (χ3n) is 6.98. The third-order valence-corrected chi connectivity index (χ3v) is 9.41. The summed E-state index contributed by atoms with van der Waals surface area (Å²) in [5.74, 6) is -0.0215. The molecule has 0 spiro atoms. The number of nitrogens with zero attached hydrogens (tertiary/aromatic N) is 2. The molecule has 0 fully saturated rings. The van der Waals surface area contributed by atoms with Gasteiger partial charge in [0.2, 0.25) is 0 Å². The van der Waals surface area contributed by atoms with Crippen LogP contribution in [0.3, 0.4) is 0 Å². The van der Waals surface area contributed by atoms with Gasteiger partial charge in [0.05, 0.1) is 18.5 Å². The highest BCUT2D eigenvalue weighted by molar-refractivity contribution is 8.00. The van der Waals surface area contributed by atoms with Crippen LogP contribution in [0.5, 0.6) is 0 Å². The van der Waals surface area contributed by atoms with Gasteiger partial charge >= 0.3 is 0 Å². The van der Waals surface area contributed by atoms with Crippen LogP contribution in [0.1, 0.15) is 44.5 Å². The maximum atomic E-state index is 14.1. The molecule has 0 saturated heterocycles. The van der Waals surface area contributed by atoms with Crippen LogP contribution in [0.15, 0.2) is 70.7 Å². The highest BCUT2D eigenvalue weighted by Crippen LogP contribution is 2.40. The van der Waals surface area contributed by atoms with Gasteiger partial charge in [0.25, 0.3) is 5.56 Å². The molecule has 0 amide bonds. The number of aromatic amines is 1. The lowest BCUT2D eigenvalue weighted by Gasteiger charge is -2.18. The van der Waals surface area contributed by atoms with Crippen LogP contribution in [-0.4, -0.2) is 34.0 Å². The van der Waals surface area contributed by atoms with E-state index in [4.69, 9.17) is 9.72 Å². The van der Waals surface area contributed by atoms with Crippen LogP contribution in [0.2, 0.25) is 0 Å². The third kappa shape index (κ3) is 4.43. The first-order valence-electron chi connectivity index (χ1n) is 12.5. The summed E-state index contributed by atoms with van der Waals surface area (Å²) in [5, 5.41) is 1.63. The lowest BCUT2D eigenvalue weighted by Crippen LogP contribution is -2.26. The first-order chi connectivity index (χ1) is 18.2. The van der Waals surface area contributed by atoms with Crippen molar-refractivity contribution in [3.8, 4) is 0 Å². The molecule has 0 saturated carbocycles. The SMILES string of the molecule is COCCn1c(S[C@H](C(=O)c2c[nH]c3ccccc23)c2ccccc2)nc2sc3c(c2c1=O)CCCC3. The Morgan fingerprint density at radius 1 is 1.14 bits per heavy atom. The summed E-state index contributed by atoms with van der Waals surface area (Å²) in [6.07, 6.45) is 5.96. The summed E-state index contributed by atoms with van der Waals surface area (Å²) in [5.41, 5.74) is 3.57. The summed E-state index contributed by atoms with van der Waals surface area (Å²) >= 11 is 2.98. The number of ether oxygens (including phenoxy) is 1. The predicted molar refractivity (Wildman–Crippen MR) is 150 cm³/mol. The molecule has 0 bridgehead atoms. The number of nitrogens with one attached hydrogen (secondary N) is 1. The van der Waals surface area contributed by atoms with Gasteiger partial charge in [-0.1, -0.05) is 60.3 Å². The Morgan fingerprint density at radius 3 is 2.76 bits per heavy atom. The first kappa shape index (κ1) is 24.2. The maximum Gasteiger partial charge on any atom is 0.263 e. The zero-order chi connectivity index (χ0) is 25.4. The smallest absolute Gasteiger partial charge is 0.263 e. The molecule has 3 aromatic heterocycles. The van der Waals surface area contributed by atoms with Crippen molar-refractivity contribution in [2.75, 3.05) is 13.7 Å². The molecule has 3 heterocycles.